The zero-order valence-electron chi connectivity index (χ0n) is 10.2. The number of halogens is 1. The van der Waals surface area contributed by atoms with E-state index < -0.39 is 5.97 Å². The normalized spacial score (nSPS) is 10.0. The summed E-state index contributed by atoms with van der Waals surface area (Å²) in [5.74, 6) is 0.320. The summed E-state index contributed by atoms with van der Waals surface area (Å²) in [7, 11) is 0. The van der Waals surface area contributed by atoms with Crippen LogP contribution >= 0.6 is 11.6 Å². The molecule has 98 valence electrons. The minimum absolute atomic E-state index is 0.235. The van der Waals surface area contributed by atoms with Crippen molar-refractivity contribution in [3.63, 3.8) is 0 Å². The first-order valence-electron chi connectivity index (χ1n) is 5.61. The number of hydrogen-bond donors (Lipinski definition) is 0. The van der Waals surface area contributed by atoms with Gasteiger partial charge in [-0.05, 0) is 25.1 Å². The van der Waals surface area contributed by atoms with E-state index >= 15 is 0 Å². The lowest BCUT2D eigenvalue weighted by molar-refractivity contribution is 0.0526. The first-order valence-corrected chi connectivity index (χ1v) is 5.99. The standard InChI is InChI=1S/C13H11ClN2O3/c1-2-18-13(17)9-4-3-5-10(6-9)19-12-8-15-7-11(14)16-12/h3-8H,2H2,1H3. The topological polar surface area (TPSA) is 61.3 Å². The molecule has 0 radical (unpaired) electrons. The van der Waals surface area contributed by atoms with Crippen LogP contribution in [0.25, 0.3) is 0 Å². The molecular weight excluding hydrogens is 268 g/mol. The molecule has 0 aliphatic carbocycles. The van der Waals surface area contributed by atoms with Crippen LogP contribution in [0.5, 0.6) is 11.6 Å². The van der Waals surface area contributed by atoms with E-state index in [-0.39, 0.29) is 11.0 Å². The van der Waals surface area contributed by atoms with E-state index in [4.69, 9.17) is 21.1 Å². The van der Waals surface area contributed by atoms with Crippen LogP contribution in [0.15, 0.2) is 36.7 Å². The highest BCUT2D eigenvalue weighted by Crippen LogP contribution is 2.21. The zero-order valence-corrected chi connectivity index (χ0v) is 10.9. The van der Waals surface area contributed by atoms with Gasteiger partial charge >= 0.3 is 5.97 Å². The Kier molecular flexibility index (Phi) is 4.30. The molecule has 0 atom stereocenters. The van der Waals surface area contributed by atoms with E-state index in [0.717, 1.165) is 0 Å². The molecule has 2 rings (SSSR count). The smallest absolute Gasteiger partial charge is 0.338 e. The van der Waals surface area contributed by atoms with Gasteiger partial charge in [-0.1, -0.05) is 17.7 Å². The number of carbonyl (C=O) groups is 1. The Hall–Kier alpha value is -2.14. The second-order valence-electron chi connectivity index (χ2n) is 3.53. The van der Waals surface area contributed by atoms with Crippen LogP contribution in [0, 0.1) is 0 Å². The van der Waals surface area contributed by atoms with Gasteiger partial charge in [-0.2, -0.15) is 4.98 Å². The number of nitrogens with zero attached hydrogens (tertiary/aromatic N) is 2. The molecule has 0 amide bonds. The van der Waals surface area contributed by atoms with Crippen LogP contribution in [0.1, 0.15) is 17.3 Å². The number of benzene rings is 1. The maximum atomic E-state index is 11.6. The molecule has 1 aromatic carbocycles. The molecule has 0 spiro atoms. The van der Waals surface area contributed by atoms with Gasteiger partial charge in [-0.15, -0.1) is 0 Å². The Morgan fingerprint density at radius 3 is 2.95 bits per heavy atom. The lowest BCUT2D eigenvalue weighted by atomic mass is 10.2. The molecule has 1 aromatic heterocycles. The largest absolute Gasteiger partial charge is 0.462 e. The first kappa shape index (κ1) is 13.3. The molecule has 0 aliphatic heterocycles. The molecule has 2 aromatic rings. The van der Waals surface area contributed by atoms with Crippen molar-refractivity contribution < 1.29 is 14.3 Å². The molecule has 0 N–H and O–H groups in total. The molecule has 0 aliphatic rings. The zero-order chi connectivity index (χ0) is 13.7. The van der Waals surface area contributed by atoms with E-state index in [9.17, 15) is 4.79 Å². The molecule has 19 heavy (non-hydrogen) atoms. The van der Waals surface area contributed by atoms with Crippen LogP contribution in [-0.2, 0) is 4.74 Å². The van der Waals surface area contributed by atoms with Crippen LogP contribution in [0.2, 0.25) is 5.15 Å². The third-order valence-corrected chi connectivity index (χ3v) is 2.33. The molecule has 0 saturated carbocycles. The summed E-state index contributed by atoms with van der Waals surface area (Å²) >= 11 is 5.71. The van der Waals surface area contributed by atoms with Gasteiger partial charge in [0.2, 0.25) is 5.88 Å². The summed E-state index contributed by atoms with van der Waals surface area (Å²) in [5, 5.41) is 0.235. The third-order valence-electron chi connectivity index (χ3n) is 2.15. The van der Waals surface area contributed by atoms with Gasteiger partial charge in [-0.3, -0.25) is 4.98 Å². The highest BCUT2D eigenvalue weighted by Gasteiger charge is 2.08. The Bertz CT molecular complexity index is 590. The number of carbonyl (C=O) groups excluding carboxylic acids is 1. The average molecular weight is 279 g/mol. The summed E-state index contributed by atoms with van der Waals surface area (Å²) in [5.41, 5.74) is 0.411. The molecular formula is C13H11ClN2O3. The van der Waals surface area contributed by atoms with Gasteiger partial charge in [-0.25, -0.2) is 4.79 Å². The van der Waals surface area contributed by atoms with Crippen LogP contribution < -0.4 is 4.74 Å². The predicted octanol–water partition coefficient (Wildman–Crippen LogP) is 3.10. The van der Waals surface area contributed by atoms with E-state index in [1.165, 1.54) is 12.4 Å². The number of hydrogen-bond acceptors (Lipinski definition) is 5. The van der Waals surface area contributed by atoms with Crippen molar-refractivity contribution in [3.8, 4) is 11.6 Å². The monoisotopic (exact) mass is 278 g/mol. The molecule has 0 saturated heterocycles. The second kappa shape index (κ2) is 6.15. The maximum Gasteiger partial charge on any atom is 0.338 e. The number of ether oxygens (including phenoxy) is 2. The summed E-state index contributed by atoms with van der Waals surface area (Å²) in [6.45, 7) is 2.07. The van der Waals surface area contributed by atoms with E-state index in [1.54, 1.807) is 31.2 Å². The van der Waals surface area contributed by atoms with Crippen LogP contribution in [0.3, 0.4) is 0 Å². The number of esters is 1. The Morgan fingerprint density at radius 2 is 2.21 bits per heavy atom. The van der Waals surface area contributed by atoms with Crippen molar-refractivity contribution in [2.75, 3.05) is 6.61 Å². The van der Waals surface area contributed by atoms with E-state index in [1.807, 2.05) is 0 Å². The number of aromatic nitrogens is 2. The van der Waals surface area contributed by atoms with Crippen LogP contribution in [-0.4, -0.2) is 22.5 Å². The van der Waals surface area contributed by atoms with Crippen molar-refractivity contribution in [3.05, 3.63) is 47.4 Å². The maximum absolute atomic E-state index is 11.6. The van der Waals surface area contributed by atoms with Crippen molar-refractivity contribution in [2.24, 2.45) is 0 Å². The third kappa shape index (κ3) is 3.66. The summed E-state index contributed by atoms with van der Waals surface area (Å²) < 4.78 is 10.4. The first-order chi connectivity index (χ1) is 9.19. The molecule has 0 unspecified atom stereocenters. The highest BCUT2D eigenvalue weighted by molar-refractivity contribution is 6.29. The van der Waals surface area contributed by atoms with Gasteiger partial charge < -0.3 is 9.47 Å². The summed E-state index contributed by atoms with van der Waals surface area (Å²) in [6, 6.07) is 6.61. The lowest BCUT2D eigenvalue weighted by Gasteiger charge is -2.06. The lowest BCUT2D eigenvalue weighted by Crippen LogP contribution is -2.04. The molecule has 0 bridgehead atoms. The quantitative estimate of drug-likeness (QED) is 0.804. The average Bonchev–Trinajstić information content (AvgIpc) is 2.39. The van der Waals surface area contributed by atoms with Gasteiger partial charge in [0.25, 0.3) is 0 Å². The summed E-state index contributed by atoms with van der Waals surface area (Å²) in [6.07, 6.45) is 2.84. The fraction of sp³-hybridized carbons (Fsp3) is 0.154. The molecule has 1 heterocycles. The van der Waals surface area contributed by atoms with Gasteiger partial charge in [0.1, 0.15) is 5.75 Å². The second-order valence-corrected chi connectivity index (χ2v) is 3.92. The van der Waals surface area contributed by atoms with Crippen molar-refractivity contribution in [1.82, 2.24) is 9.97 Å². The highest BCUT2D eigenvalue weighted by atomic mass is 35.5. The van der Waals surface area contributed by atoms with Crippen molar-refractivity contribution in [1.29, 1.82) is 0 Å². The van der Waals surface area contributed by atoms with Crippen LogP contribution in [0.4, 0.5) is 0 Å². The number of rotatable bonds is 4. The Morgan fingerprint density at radius 1 is 1.37 bits per heavy atom. The molecule has 6 heteroatoms. The van der Waals surface area contributed by atoms with Gasteiger partial charge in [0.15, 0.2) is 5.15 Å². The Balaban J connectivity index is 2.17. The summed E-state index contributed by atoms with van der Waals surface area (Å²) in [4.78, 5) is 19.4. The molecule has 0 fully saturated rings. The Labute approximate surface area is 115 Å². The fourth-order valence-corrected chi connectivity index (χ4v) is 1.54. The molecule has 5 nitrogen and oxygen atoms in total. The van der Waals surface area contributed by atoms with Crippen molar-refractivity contribution >= 4 is 17.6 Å². The minimum Gasteiger partial charge on any atom is -0.462 e. The van der Waals surface area contributed by atoms with E-state index in [0.29, 0.717) is 17.9 Å². The fourth-order valence-electron chi connectivity index (χ4n) is 1.40. The predicted molar refractivity (Wildman–Crippen MR) is 69.5 cm³/mol. The van der Waals surface area contributed by atoms with Gasteiger partial charge in [0.05, 0.1) is 24.6 Å². The van der Waals surface area contributed by atoms with Crippen molar-refractivity contribution in [2.45, 2.75) is 6.92 Å². The SMILES string of the molecule is CCOC(=O)c1cccc(Oc2cncc(Cl)n2)c1. The van der Waals surface area contributed by atoms with E-state index in [2.05, 4.69) is 9.97 Å². The minimum atomic E-state index is -0.398. The van der Waals surface area contributed by atoms with Gasteiger partial charge in [0, 0.05) is 0 Å².